The average Bonchev–Trinajstić information content (AvgIpc) is 3.12. The highest BCUT2D eigenvalue weighted by Crippen LogP contribution is 2.12. The number of imide groups is 1. The van der Waals surface area contributed by atoms with Crippen LogP contribution in [0.15, 0.2) is 60.9 Å². The number of hydrogen-bond donors (Lipinski definition) is 7. The smallest absolute Gasteiger partial charge is 0.407 e. The Morgan fingerprint density at radius 1 is 0.750 bits per heavy atom. The van der Waals surface area contributed by atoms with Crippen molar-refractivity contribution in [1.82, 2.24) is 31.6 Å². The minimum atomic E-state index is -1.24. The zero-order chi connectivity index (χ0) is 45.2. The molecule has 3 aromatic rings. The molecular weight excluding hydrogens is 798 g/mol. The largest absolute Gasteiger partial charge is 0.480 e. The summed E-state index contributed by atoms with van der Waals surface area (Å²) in [6.07, 6.45) is 2.65. The summed E-state index contributed by atoms with van der Waals surface area (Å²) < 4.78 is 57.8. The second kappa shape index (κ2) is 23.8. The van der Waals surface area contributed by atoms with Gasteiger partial charge in [-0.25, -0.2) is 27.2 Å². The maximum absolute atomic E-state index is 13.2. The molecule has 0 saturated heterocycles. The fraction of sp³-hybridized carbons (Fsp3) is 0.400. The standard InChI is InChI=1S/C22H31F2N3O6.C18H18F2N4O3/c1-13(26-18(28)11-14-9-15(23)12-16(24)10-14)19(29)27-17(20(30)31)7-5-6-8-25-21(32)33-22(2,3)4;1-10(23-15(25)7-11-5-13(19)8-14(20)6-11)17(26)24-18(27)16(21)12-3-2-4-22-9-12/h9-10,12-13,17H,5-8,11H2,1-4H3,(H,25,32)(H,26,28)(H,27,29)(H,30,31);2-6,8-10,16H,7,21H2,1H3,(H,23,25)(H,24,26,27)/t13-,17-;10-,16?/m00/s1. The molecule has 0 radical (unpaired) electrons. The van der Waals surface area contributed by atoms with Gasteiger partial charge in [0.1, 0.15) is 53.0 Å². The first-order valence-electron chi connectivity index (χ1n) is 18.5. The summed E-state index contributed by atoms with van der Waals surface area (Å²) >= 11 is 0. The number of pyridine rings is 1. The molecule has 20 heteroatoms. The number of amides is 6. The van der Waals surface area contributed by atoms with Crippen molar-refractivity contribution in [3.63, 3.8) is 0 Å². The minimum Gasteiger partial charge on any atom is -0.480 e. The molecule has 16 nitrogen and oxygen atoms in total. The van der Waals surface area contributed by atoms with Gasteiger partial charge in [-0.05, 0) is 101 Å². The average molecular weight is 848 g/mol. The van der Waals surface area contributed by atoms with E-state index in [0.717, 1.165) is 24.3 Å². The third kappa shape index (κ3) is 19.3. The summed E-state index contributed by atoms with van der Waals surface area (Å²) in [6, 6.07) is 4.20. The predicted molar refractivity (Wildman–Crippen MR) is 207 cm³/mol. The Morgan fingerprint density at radius 3 is 1.70 bits per heavy atom. The van der Waals surface area contributed by atoms with E-state index in [4.69, 9.17) is 10.5 Å². The number of rotatable bonds is 17. The molecule has 0 aliphatic heterocycles. The number of carboxylic acid groups (broad SMARTS) is 1. The van der Waals surface area contributed by atoms with Gasteiger partial charge in [-0.1, -0.05) is 6.07 Å². The number of aliphatic carboxylic acids is 1. The van der Waals surface area contributed by atoms with E-state index < -0.39 is 94.6 Å². The molecule has 6 amide bonds. The van der Waals surface area contributed by atoms with Crippen LogP contribution in [0.25, 0.3) is 0 Å². The zero-order valence-electron chi connectivity index (χ0n) is 33.6. The normalized spacial score (nSPS) is 12.8. The predicted octanol–water partition coefficient (Wildman–Crippen LogP) is 3.03. The van der Waals surface area contributed by atoms with Crippen LogP contribution in [0.1, 0.15) is 76.6 Å². The molecule has 2 aromatic carbocycles. The van der Waals surface area contributed by atoms with Crippen LogP contribution in [0.3, 0.4) is 0 Å². The summed E-state index contributed by atoms with van der Waals surface area (Å²) in [6.45, 7) is 8.21. The molecule has 1 aromatic heterocycles. The number of carbonyl (C=O) groups is 7. The van der Waals surface area contributed by atoms with E-state index in [1.165, 1.54) is 26.2 Å². The monoisotopic (exact) mass is 847 g/mol. The molecule has 8 N–H and O–H groups in total. The van der Waals surface area contributed by atoms with Gasteiger partial charge in [-0.3, -0.25) is 34.3 Å². The van der Waals surface area contributed by atoms with Crippen LogP contribution < -0.4 is 32.3 Å². The Bertz CT molecular complexity index is 1940. The molecule has 1 unspecified atom stereocenters. The highest BCUT2D eigenvalue weighted by Gasteiger charge is 2.25. The van der Waals surface area contributed by atoms with Gasteiger partial charge in [0.25, 0.3) is 0 Å². The summed E-state index contributed by atoms with van der Waals surface area (Å²) in [5.74, 6) is -8.01. The van der Waals surface area contributed by atoms with Gasteiger partial charge >= 0.3 is 12.1 Å². The highest BCUT2D eigenvalue weighted by molar-refractivity contribution is 6.01. The summed E-state index contributed by atoms with van der Waals surface area (Å²) in [5, 5.41) is 21.1. The number of ether oxygens (including phenoxy) is 1. The number of nitrogens with zero attached hydrogens (tertiary/aromatic N) is 1. The first-order valence-corrected chi connectivity index (χ1v) is 18.5. The molecule has 0 fully saturated rings. The molecule has 4 atom stereocenters. The number of nitrogens with two attached hydrogens (primary N) is 1. The van der Waals surface area contributed by atoms with Crippen molar-refractivity contribution in [1.29, 1.82) is 0 Å². The molecule has 0 aliphatic rings. The van der Waals surface area contributed by atoms with Gasteiger partial charge in [0.15, 0.2) is 0 Å². The molecule has 326 valence electrons. The van der Waals surface area contributed by atoms with Crippen LogP contribution in [0, 0.1) is 23.3 Å². The summed E-state index contributed by atoms with van der Waals surface area (Å²) in [7, 11) is 0. The Labute approximate surface area is 343 Å². The first kappa shape index (κ1) is 49.7. The van der Waals surface area contributed by atoms with Crippen molar-refractivity contribution < 1.29 is 61.0 Å². The second-order valence-electron chi connectivity index (χ2n) is 14.4. The van der Waals surface area contributed by atoms with Crippen LogP contribution in [0.2, 0.25) is 0 Å². The van der Waals surface area contributed by atoms with Crippen molar-refractivity contribution in [2.75, 3.05) is 6.54 Å². The van der Waals surface area contributed by atoms with E-state index in [-0.39, 0.29) is 36.9 Å². The minimum absolute atomic E-state index is 0.0982. The number of nitrogens with one attached hydrogen (secondary N) is 5. The maximum Gasteiger partial charge on any atom is 0.407 e. The van der Waals surface area contributed by atoms with Crippen LogP contribution in [-0.4, -0.2) is 82.0 Å². The van der Waals surface area contributed by atoms with Crippen molar-refractivity contribution in [3.8, 4) is 0 Å². The van der Waals surface area contributed by atoms with Crippen LogP contribution in [-0.2, 0) is 46.3 Å². The molecule has 0 spiro atoms. The maximum atomic E-state index is 13.2. The Kier molecular flexibility index (Phi) is 19.7. The quantitative estimate of drug-likeness (QED) is 0.0769. The Hall–Kier alpha value is -6.44. The first-order chi connectivity index (χ1) is 28.0. The number of alkyl carbamates (subject to hydrolysis) is 1. The molecule has 1 heterocycles. The topological polar surface area (TPSA) is 248 Å². The number of benzene rings is 2. The molecule has 60 heavy (non-hydrogen) atoms. The summed E-state index contributed by atoms with van der Waals surface area (Å²) in [4.78, 5) is 87.2. The van der Waals surface area contributed by atoms with Gasteiger partial charge in [0.2, 0.25) is 29.5 Å². The number of unbranched alkanes of at least 4 members (excludes halogenated alkanes) is 1. The SMILES string of the molecule is C[C@H](NC(=O)Cc1cc(F)cc(F)c1)C(=O)NC(=O)C(N)c1cccnc1.C[C@H](NC(=O)Cc1cc(F)cc(F)c1)C(=O)N[C@@H](CCCCNC(=O)OC(C)(C)C)C(=O)O. The van der Waals surface area contributed by atoms with Gasteiger partial charge < -0.3 is 36.8 Å². The number of hydrogen-bond acceptors (Lipinski definition) is 10. The third-order valence-electron chi connectivity index (χ3n) is 7.89. The lowest BCUT2D eigenvalue weighted by Gasteiger charge is -2.20. The third-order valence-corrected chi connectivity index (χ3v) is 7.89. The van der Waals surface area contributed by atoms with Gasteiger partial charge in [-0.15, -0.1) is 0 Å². The number of halogens is 4. The lowest BCUT2D eigenvalue weighted by molar-refractivity contribution is -0.142. The van der Waals surface area contributed by atoms with Gasteiger partial charge in [-0.2, -0.15) is 0 Å². The number of carbonyl (C=O) groups excluding carboxylic acids is 6. The van der Waals surface area contributed by atoms with Crippen LogP contribution in [0.4, 0.5) is 22.4 Å². The van der Waals surface area contributed by atoms with Crippen molar-refractivity contribution in [2.45, 2.75) is 96.5 Å². The zero-order valence-corrected chi connectivity index (χ0v) is 33.6. The van der Waals surface area contributed by atoms with E-state index in [1.807, 2.05) is 0 Å². The van der Waals surface area contributed by atoms with E-state index >= 15 is 0 Å². The Morgan fingerprint density at radius 2 is 1.25 bits per heavy atom. The fourth-order valence-corrected chi connectivity index (χ4v) is 5.06. The van der Waals surface area contributed by atoms with Crippen molar-refractivity contribution in [2.24, 2.45) is 5.73 Å². The molecule has 0 bridgehead atoms. The molecule has 0 aliphatic carbocycles. The number of carboxylic acids is 1. The lowest BCUT2D eigenvalue weighted by atomic mass is 10.1. The van der Waals surface area contributed by atoms with E-state index in [2.05, 4.69) is 31.6 Å². The van der Waals surface area contributed by atoms with E-state index in [0.29, 0.717) is 30.5 Å². The van der Waals surface area contributed by atoms with Crippen LogP contribution in [0.5, 0.6) is 0 Å². The molecule has 0 saturated carbocycles. The number of aromatic nitrogens is 1. The van der Waals surface area contributed by atoms with E-state index in [9.17, 15) is 56.2 Å². The second-order valence-corrected chi connectivity index (χ2v) is 14.4. The van der Waals surface area contributed by atoms with E-state index in [1.54, 1.807) is 32.9 Å². The lowest BCUT2D eigenvalue weighted by Crippen LogP contribution is -2.50. The van der Waals surface area contributed by atoms with Crippen molar-refractivity contribution >= 4 is 41.6 Å². The van der Waals surface area contributed by atoms with Crippen LogP contribution >= 0.6 is 0 Å². The fourth-order valence-electron chi connectivity index (χ4n) is 5.06. The molecule has 3 rings (SSSR count). The highest BCUT2D eigenvalue weighted by atomic mass is 19.1. The van der Waals surface area contributed by atoms with Crippen molar-refractivity contribution in [3.05, 3.63) is 101 Å². The Balaban J connectivity index is 0.000000421. The van der Waals surface area contributed by atoms with Gasteiger partial charge in [0.05, 0.1) is 12.8 Å². The summed E-state index contributed by atoms with van der Waals surface area (Å²) in [5.41, 5.74) is 5.77. The van der Waals surface area contributed by atoms with Gasteiger partial charge in [0, 0.05) is 31.1 Å². The molecular formula is C40H49F4N7O9.